The summed E-state index contributed by atoms with van der Waals surface area (Å²) >= 11 is 0. The monoisotopic (exact) mass is 149 g/mol. The predicted octanol–water partition coefficient (Wildman–Crippen LogP) is 2.20. The van der Waals surface area contributed by atoms with Crippen LogP contribution in [0.3, 0.4) is 0 Å². The molecule has 1 aromatic rings. The van der Waals surface area contributed by atoms with Gasteiger partial charge in [0.15, 0.2) is 0 Å². The predicted molar refractivity (Wildman–Crippen MR) is 40.5 cm³/mol. The van der Waals surface area contributed by atoms with Crippen molar-refractivity contribution in [3.63, 3.8) is 0 Å². The van der Waals surface area contributed by atoms with Crippen LogP contribution < -0.4 is 0 Å². The van der Waals surface area contributed by atoms with E-state index in [4.69, 9.17) is 5.26 Å². The van der Waals surface area contributed by atoms with E-state index in [1.54, 1.807) is 13.0 Å². The smallest absolute Gasteiger partial charge is 0.123 e. The highest BCUT2D eigenvalue weighted by Crippen LogP contribution is 2.09. The third-order valence-electron chi connectivity index (χ3n) is 1.57. The maximum atomic E-state index is 12.5. The second-order valence-electron chi connectivity index (χ2n) is 2.41. The number of benzene rings is 1. The van der Waals surface area contributed by atoms with Gasteiger partial charge in [-0.1, -0.05) is 6.07 Å². The fraction of sp³-hybridized carbons (Fsp3) is 0.222. The lowest BCUT2D eigenvalue weighted by atomic mass is 10.1. The normalized spacial score (nSPS) is 9.18. The standard InChI is InChI=1S/C9H8FN/c1-7-6-9(10)3-2-8(7)4-5-11/h2-3,6H,4H2,1H3. The molecule has 0 N–H and O–H groups in total. The SMILES string of the molecule is Cc1cc(F)ccc1CC#N. The van der Waals surface area contributed by atoms with Crippen molar-refractivity contribution in [2.45, 2.75) is 13.3 Å². The average molecular weight is 149 g/mol. The molecule has 56 valence electrons. The molecule has 0 unspecified atom stereocenters. The summed E-state index contributed by atoms with van der Waals surface area (Å²) < 4.78 is 12.5. The van der Waals surface area contributed by atoms with Crippen LogP contribution in [0, 0.1) is 24.1 Å². The van der Waals surface area contributed by atoms with Crippen LogP contribution in [0.5, 0.6) is 0 Å². The van der Waals surface area contributed by atoms with Crippen LogP contribution in [0.25, 0.3) is 0 Å². The van der Waals surface area contributed by atoms with Crippen LogP contribution in [0.15, 0.2) is 18.2 Å². The third kappa shape index (κ3) is 1.78. The van der Waals surface area contributed by atoms with Crippen molar-refractivity contribution in [3.8, 4) is 6.07 Å². The lowest BCUT2D eigenvalue weighted by Crippen LogP contribution is -1.87. The van der Waals surface area contributed by atoms with Crippen molar-refractivity contribution in [2.75, 3.05) is 0 Å². The Hall–Kier alpha value is -1.36. The molecule has 0 radical (unpaired) electrons. The molecule has 0 spiro atoms. The van der Waals surface area contributed by atoms with E-state index in [-0.39, 0.29) is 5.82 Å². The second kappa shape index (κ2) is 3.16. The minimum atomic E-state index is -0.246. The maximum absolute atomic E-state index is 12.5. The number of hydrogen-bond donors (Lipinski definition) is 0. The molecule has 0 aliphatic heterocycles. The molecule has 1 rings (SSSR count). The van der Waals surface area contributed by atoms with E-state index in [2.05, 4.69) is 0 Å². The topological polar surface area (TPSA) is 23.8 Å². The van der Waals surface area contributed by atoms with Gasteiger partial charge in [0, 0.05) is 0 Å². The summed E-state index contributed by atoms with van der Waals surface area (Å²) in [5, 5.41) is 8.37. The molecule has 0 aromatic heterocycles. The Labute approximate surface area is 65.1 Å². The van der Waals surface area contributed by atoms with Crippen molar-refractivity contribution in [2.24, 2.45) is 0 Å². The molecule has 0 aliphatic rings. The van der Waals surface area contributed by atoms with Gasteiger partial charge in [-0.05, 0) is 30.2 Å². The molecule has 0 heterocycles. The molecule has 1 aromatic carbocycles. The summed E-state index contributed by atoms with van der Waals surface area (Å²) in [5.41, 5.74) is 1.74. The number of rotatable bonds is 1. The van der Waals surface area contributed by atoms with Gasteiger partial charge in [-0.3, -0.25) is 0 Å². The minimum Gasteiger partial charge on any atom is -0.207 e. The van der Waals surface area contributed by atoms with Gasteiger partial charge in [0.1, 0.15) is 5.82 Å². The Bertz CT molecular complexity index is 299. The van der Waals surface area contributed by atoms with Gasteiger partial charge < -0.3 is 0 Å². The Morgan fingerprint density at radius 2 is 2.27 bits per heavy atom. The molecule has 1 nitrogen and oxygen atoms in total. The molecule has 0 atom stereocenters. The van der Waals surface area contributed by atoms with E-state index in [9.17, 15) is 4.39 Å². The third-order valence-corrected chi connectivity index (χ3v) is 1.57. The first-order chi connectivity index (χ1) is 5.24. The van der Waals surface area contributed by atoms with E-state index < -0.39 is 0 Å². The zero-order valence-corrected chi connectivity index (χ0v) is 6.26. The summed E-state index contributed by atoms with van der Waals surface area (Å²) in [5.74, 6) is -0.246. The van der Waals surface area contributed by atoms with Gasteiger partial charge in [0.05, 0.1) is 12.5 Å². The van der Waals surface area contributed by atoms with Crippen molar-refractivity contribution in [3.05, 3.63) is 35.1 Å². The molecule has 0 aliphatic carbocycles. The van der Waals surface area contributed by atoms with Crippen LogP contribution in [0.2, 0.25) is 0 Å². The quantitative estimate of drug-likeness (QED) is 0.600. The van der Waals surface area contributed by atoms with Crippen molar-refractivity contribution in [1.82, 2.24) is 0 Å². The van der Waals surface area contributed by atoms with Crippen LogP contribution in [-0.4, -0.2) is 0 Å². The van der Waals surface area contributed by atoms with E-state index >= 15 is 0 Å². The molecule has 0 saturated carbocycles. The highest BCUT2D eigenvalue weighted by molar-refractivity contribution is 5.28. The number of aryl methyl sites for hydroxylation is 1. The van der Waals surface area contributed by atoms with Gasteiger partial charge in [0.2, 0.25) is 0 Å². The summed E-state index contributed by atoms with van der Waals surface area (Å²) in [7, 11) is 0. The van der Waals surface area contributed by atoms with E-state index in [0.29, 0.717) is 6.42 Å². The molecule has 0 saturated heterocycles. The molecule has 0 bridgehead atoms. The van der Waals surface area contributed by atoms with Crippen molar-refractivity contribution in [1.29, 1.82) is 5.26 Å². The highest BCUT2D eigenvalue weighted by Gasteiger charge is 1.97. The maximum Gasteiger partial charge on any atom is 0.123 e. The zero-order chi connectivity index (χ0) is 8.27. The lowest BCUT2D eigenvalue weighted by molar-refractivity contribution is 0.626. The summed E-state index contributed by atoms with van der Waals surface area (Å²) in [6.07, 6.45) is 0.353. The second-order valence-corrected chi connectivity index (χ2v) is 2.41. The zero-order valence-electron chi connectivity index (χ0n) is 6.26. The van der Waals surface area contributed by atoms with Gasteiger partial charge in [-0.15, -0.1) is 0 Å². The lowest BCUT2D eigenvalue weighted by Gasteiger charge is -1.99. The summed E-state index contributed by atoms with van der Waals surface area (Å²) in [6, 6.07) is 6.48. The Morgan fingerprint density at radius 1 is 1.55 bits per heavy atom. The molecule has 0 fully saturated rings. The fourth-order valence-corrected chi connectivity index (χ4v) is 0.943. The number of nitrogens with zero attached hydrogens (tertiary/aromatic N) is 1. The van der Waals surface area contributed by atoms with Crippen LogP contribution in [-0.2, 0) is 6.42 Å². The van der Waals surface area contributed by atoms with Gasteiger partial charge in [0.25, 0.3) is 0 Å². The van der Waals surface area contributed by atoms with Crippen molar-refractivity contribution < 1.29 is 4.39 Å². The number of hydrogen-bond acceptors (Lipinski definition) is 1. The summed E-state index contributed by atoms with van der Waals surface area (Å²) in [4.78, 5) is 0. The molecule has 2 heteroatoms. The fourth-order valence-electron chi connectivity index (χ4n) is 0.943. The Kier molecular flexibility index (Phi) is 2.22. The van der Waals surface area contributed by atoms with Crippen LogP contribution in [0.4, 0.5) is 4.39 Å². The molecular formula is C9H8FN. The van der Waals surface area contributed by atoms with Crippen LogP contribution >= 0.6 is 0 Å². The first-order valence-electron chi connectivity index (χ1n) is 3.36. The largest absolute Gasteiger partial charge is 0.207 e. The first-order valence-corrected chi connectivity index (χ1v) is 3.36. The number of halogens is 1. The average Bonchev–Trinajstić information content (AvgIpc) is 1.95. The first kappa shape index (κ1) is 7.74. The molecule has 11 heavy (non-hydrogen) atoms. The van der Waals surface area contributed by atoms with Gasteiger partial charge in [-0.2, -0.15) is 5.26 Å². The van der Waals surface area contributed by atoms with E-state index in [1.807, 2.05) is 6.07 Å². The minimum absolute atomic E-state index is 0.246. The van der Waals surface area contributed by atoms with E-state index in [0.717, 1.165) is 11.1 Å². The van der Waals surface area contributed by atoms with Crippen LogP contribution in [0.1, 0.15) is 11.1 Å². The Balaban J connectivity index is 3.01. The van der Waals surface area contributed by atoms with E-state index in [1.165, 1.54) is 12.1 Å². The Morgan fingerprint density at radius 3 is 2.82 bits per heavy atom. The number of nitriles is 1. The summed E-state index contributed by atoms with van der Waals surface area (Å²) in [6.45, 7) is 1.80. The van der Waals surface area contributed by atoms with Gasteiger partial charge >= 0.3 is 0 Å². The molecular weight excluding hydrogens is 141 g/mol. The highest BCUT2D eigenvalue weighted by atomic mass is 19.1. The van der Waals surface area contributed by atoms with Crippen molar-refractivity contribution >= 4 is 0 Å². The van der Waals surface area contributed by atoms with Gasteiger partial charge in [-0.25, -0.2) is 4.39 Å². The molecule has 0 amide bonds.